The molecule has 1 aliphatic carbocycles. The van der Waals surface area contributed by atoms with Crippen LogP contribution in [0.1, 0.15) is 48.2 Å². The van der Waals surface area contributed by atoms with Crippen LogP contribution in [0.3, 0.4) is 0 Å². The molecule has 0 bridgehead atoms. The molecule has 3 rings (SSSR count). The molecule has 0 unspecified atom stereocenters. The van der Waals surface area contributed by atoms with Crippen molar-refractivity contribution in [3.63, 3.8) is 0 Å². The van der Waals surface area contributed by atoms with Crippen LogP contribution in [0.15, 0.2) is 60.2 Å². The number of allylic oxidation sites excluding steroid dienone is 1. The maximum Gasteiger partial charge on any atom is 0.190 e. The minimum Gasteiger partial charge on any atom is -0.289 e. The van der Waals surface area contributed by atoms with E-state index in [0.717, 1.165) is 40.7 Å². The summed E-state index contributed by atoms with van der Waals surface area (Å²) < 4.78 is 0. The zero-order valence-electron chi connectivity index (χ0n) is 12.6. The summed E-state index contributed by atoms with van der Waals surface area (Å²) in [5.74, 6) is 0.816. The first-order valence-corrected chi connectivity index (χ1v) is 7.61. The first-order chi connectivity index (χ1) is 10.2. The number of hydrogen-bond donors (Lipinski definition) is 0. The monoisotopic (exact) mass is 276 g/mol. The molecule has 0 aromatic heterocycles. The van der Waals surface area contributed by atoms with Crippen molar-refractivity contribution in [2.45, 2.75) is 26.7 Å². The third-order valence-corrected chi connectivity index (χ3v) is 4.05. The summed E-state index contributed by atoms with van der Waals surface area (Å²) in [6, 6.07) is 18.3. The lowest BCUT2D eigenvalue weighted by molar-refractivity contribution is 0.103. The molecule has 1 heteroatoms. The molecule has 106 valence electrons. The number of carbonyl (C=O) groups is 1. The highest BCUT2D eigenvalue weighted by atomic mass is 16.1. The van der Waals surface area contributed by atoms with Crippen molar-refractivity contribution in [2.75, 3.05) is 0 Å². The van der Waals surface area contributed by atoms with E-state index < -0.39 is 0 Å². The van der Waals surface area contributed by atoms with Crippen molar-refractivity contribution in [3.05, 3.63) is 76.9 Å². The fourth-order valence-corrected chi connectivity index (χ4v) is 2.94. The van der Waals surface area contributed by atoms with Gasteiger partial charge in [0.2, 0.25) is 0 Å². The van der Waals surface area contributed by atoms with Crippen molar-refractivity contribution in [1.29, 1.82) is 0 Å². The number of hydrogen-bond acceptors (Lipinski definition) is 1. The van der Waals surface area contributed by atoms with E-state index >= 15 is 0 Å². The molecule has 0 heterocycles. The molecule has 0 saturated heterocycles. The summed E-state index contributed by atoms with van der Waals surface area (Å²) in [7, 11) is 0. The lowest BCUT2D eigenvalue weighted by Gasteiger charge is -2.09. The van der Waals surface area contributed by atoms with Crippen molar-refractivity contribution in [1.82, 2.24) is 0 Å². The second-order valence-corrected chi connectivity index (χ2v) is 6.03. The summed E-state index contributed by atoms with van der Waals surface area (Å²) >= 11 is 0. The Hall–Kier alpha value is -2.15. The van der Waals surface area contributed by atoms with Gasteiger partial charge in [0.1, 0.15) is 0 Å². The van der Waals surface area contributed by atoms with Gasteiger partial charge >= 0.3 is 0 Å². The smallest absolute Gasteiger partial charge is 0.190 e. The molecule has 2 aromatic carbocycles. The fraction of sp³-hybridized carbons (Fsp3) is 0.250. The molecule has 1 aliphatic rings. The summed E-state index contributed by atoms with van der Waals surface area (Å²) in [5.41, 5.74) is 5.21. The van der Waals surface area contributed by atoms with Crippen molar-refractivity contribution >= 4 is 11.4 Å². The molecule has 0 spiro atoms. The predicted molar refractivity (Wildman–Crippen MR) is 87.3 cm³/mol. The quantitative estimate of drug-likeness (QED) is 0.757. The average Bonchev–Trinajstić information content (AvgIpc) is 2.79. The van der Waals surface area contributed by atoms with Crippen LogP contribution in [0.5, 0.6) is 0 Å². The van der Waals surface area contributed by atoms with Gasteiger partial charge in [-0.1, -0.05) is 68.4 Å². The Morgan fingerprint density at radius 3 is 2.14 bits per heavy atom. The van der Waals surface area contributed by atoms with Gasteiger partial charge in [-0.3, -0.25) is 4.79 Å². The zero-order chi connectivity index (χ0) is 14.8. The predicted octanol–water partition coefficient (Wildman–Crippen LogP) is 5.12. The van der Waals surface area contributed by atoms with Gasteiger partial charge in [-0.15, -0.1) is 0 Å². The van der Waals surface area contributed by atoms with Crippen LogP contribution in [0.2, 0.25) is 0 Å². The highest BCUT2D eigenvalue weighted by Crippen LogP contribution is 2.39. The Kier molecular flexibility index (Phi) is 3.74. The van der Waals surface area contributed by atoms with E-state index in [4.69, 9.17) is 0 Å². The summed E-state index contributed by atoms with van der Waals surface area (Å²) in [6.07, 6.45) is 1.90. The van der Waals surface area contributed by atoms with Gasteiger partial charge in [0.15, 0.2) is 5.78 Å². The van der Waals surface area contributed by atoms with Crippen LogP contribution in [0.25, 0.3) is 5.57 Å². The molecular weight excluding hydrogens is 256 g/mol. The average molecular weight is 276 g/mol. The van der Waals surface area contributed by atoms with E-state index in [-0.39, 0.29) is 5.78 Å². The van der Waals surface area contributed by atoms with Gasteiger partial charge in [-0.25, -0.2) is 0 Å². The lowest BCUT2D eigenvalue weighted by atomic mass is 9.94. The van der Waals surface area contributed by atoms with Crippen LogP contribution in [-0.4, -0.2) is 5.78 Å². The third kappa shape index (κ3) is 2.56. The molecule has 0 aliphatic heterocycles. The second kappa shape index (κ2) is 5.69. The highest BCUT2D eigenvalue weighted by molar-refractivity contribution is 6.22. The van der Waals surface area contributed by atoms with Crippen LogP contribution < -0.4 is 0 Å². The van der Waals surface area contributed by atoms with Gasteiger partial charge in [0.05, 0.1) is 0 Å². The lowest BCUT2D eigenvalue weighted by Crippen LogP contribution is -2.00. The number of benzene rings is 2. The minimum atomic E-state index is 0.213. The zero-order valence-corrected chi connectivity index (χ0v) is 12.6. The van der Waals surface area contributed by atoms with E-state index in [1.165, 1.54) is 0 Å². The van der Waals surface area contributed by atoms with Crippen molar-refractivity contribution in [2.24, 2.45) is 5.92 Å². The van der Waals surface area contributed by atoms with E-state index in [1.807, 2.05) is 36.4 Å². The topological polar surface area (TPSA) is 17.1 Å². The van der Waals surface area contributed by atoms with Gasteiger partial charge in [0.25, 0.3) is 0 Å². The second-order valence-electron chi connectivity index (χ2n) is 6.03. The molecule has 0 saturated carbocycles. The summed E-state index contributed by atoms with van der Waals surface area (Å²) in [6.45, 7) is 4.41. The summed E-state index contributed by atoms with van der Waals surface area (Å²) in [4.78, 5) is 12.7. The molecule has 0 amide bonds. The molecular formula is C20H20O. The van der Waals surface area contributed by atoms with Crippen LogP contribution in [-0.2, 0) is 0 Å². The standard InChI is InChI=1S/C20H20O/c1-14(2)12-13-18-19(15-8-4-3-5-9-15)16-10-6-7-11-17(16)20(18)21/h3-11,14H,12-13H2,1-2H3. The summed E-state index contributed by atoms with van der Waals surface area (Å²) in [5, 5.41) is 0. The van der Waals surface area contributed by atoms with Gasteiger partial charge in [-0.2, -0.15) is 0 Å². The number of ketones is 1. The van der Waals surface area contributed by atoms with Gasteiger partial charge in [0, 0.05) is 11.1 Å². The fourth-order valence-electron chi connectivity index (χ4n) is 2.94. The van der Waals surface area contributed by atoms with Crippen LogP contribution in [0.4, 0.5) is 0 Å². The normalized spacial score (nSPS) is 14.0. The number of Topliss-reactive ketones (excluding diaryl/α,β-unsaturated/α-hetero) is 1. The van der Waals surface area contributed by atoms with E-state index in [1.54, 1.807) is 0 Å². The van der Waals surface area contributed by atoms with Gasteiger partial charge in [-0.05, 0) is 35.5 Å². The Labute approximate surface area is 126 Å². The molecule has 0 radical (unpaired) electrons. The number of fused-ring (bicyclic) bond motifs is 1. The van der Waals surface area contributed by atoms with Crippen molar-refractivity contribution in [3.8, 4) is 0 Å². The first kappa shape index (κ1) is 13.8. The number of carbonyl (C=O) groups excluding carboxylic acids is 1. The Bertz CT molecular complexity index is 693. The SMILES string of the molecule is CC(C)CCC1=C(c2ccccc2)c2ccccc2C1=O. The van der Waals surface area contributed by atoms with E-state index in [0.29, 0.717) is 5.92 Å². The largest absolute Gasteiger partial charge is 0.289 e. The van der Waals surface area contributed by atoms with Crippen LogP contribution in [0, 0.1) is 5.92 Å². The van der Waals surface area contributed by atoms with Gasteiger partial charge < -0.3 is 0 Å². The molecule has 0 atom stereocenters. The third-order valence-electron chi connectivity index (χ3n) is 4.05. The molecule has 21 heavy (non-hydrogen) atoms. The minimum absolute atomic E-state index is 0.213. The highest BCUT2D eigenvalue weighted by Gasteiger charge is 2.29. The Balaban J connectivity index is 2.12. The molecule has 0 N–H and O–H groups in total. The Morgan fingerprint density at radius 2 is 1.48 bits per heavy atom. The Morgan fingerprint density at radius 1 is 0.857 bits per heavy atom. The molecule has 2 aromatic rings. The maximum atomic E-state index is 12.7. The maximum absolute atomic E-state index is 12.7. The van der Waals surface area contributed by atoms with E-state index in [9.17, 15) is 4.79 Å². The van der Waals surface area contributed by atoms with Crippen LogP contribution >= 0.6 is 0 Å². The first-order valence-electron chi connectivity index (χ1n) is 7.61. The number of rotatable bonds is 4. The van der Waals surface area contributed by atoms with Crippen molar-refractivity contribution < 1.29 is 4.79 Å². The molecule has 0 fully saturated rings. The van der Waals surface area contributed by atoms with E-state index in [2.05, 4.69) is 32.0 Å². The molecule has 1 nitrogen and oxygen atoms in total.